The van der Waals surface area contributed by atoms with Crippen molar-refractivity contribution >= 4 is 16.9 Å². The van der Waals surface area contributed by atoms with Gasteiger partial charge in [0.2, 0.25) is 5.89 Å². The molecule has 1 fully saturated rings. The van der Waals surface area contributed by atoms with Gasteiger partial charge in [-0.05, 0) is 25.1 Å². The smallest absolute Gasteiger partial charge is 0.417 e. The van der Waals surface area contributed by atoms with E-state index in [0.717, 1.165) is 11.0 Å². The summed E-state index contributed by atoms with van der Waals surface area (Å²) >= 11 is 0. The number of benzene rings is 1. The van der Waals surface area contributed by atoms with Crippen molar-refractivity contribution in [1.29, 1.82) is 5.26 Å². The first-order valence-corrected chi connectivity index (χ1v) is 8.58. The van der Waals surface area contributed by atoms with Gasteiger partial charge in [0.25, 0.3) is 5.92 Å². The first kappa shape index (κ1) is 19.1. The van der Waals surface area contributed by atoms with Crippen molar-refractivity contribution < 1.29 is 26.4 Å². The first-order valence-electron chi connectivity index (χ1n) is 8.58. The zero-order chi connectivity index (χ0) is 21.0. The maximum Gasteiger partial charge on any atom is 0.417 e. The number of aryl methyl sites for hydroxylation is 1. The molecule has 0 saturated carbocycles. The van der Waals surface area contributed by atoms with E-state index in [2.05, 4.69) is 9.97 Å². The van der Waals surface area contributed by atoms with E-state index in [1.54, 1.807) is 24.3 Å². The molecule has 10 heteroatoms. The van der Waals surface area contributed by atoms with Crippen LogP contribution in [0.1, 0.15) is 35.2 Å². The largest absolute Gasteiger partial charge is 0.438 e. The second-order valence-corrected chi connectivity index (χ2v) is 6.84. The van der Waals surface area contributed by atoms with E-state index in [-0.39, 0.29) is 11.6 Å². The van der Waals surface area contributed by atoms with E-state index >= 15 is 0 Å². The Morgan fingerprint density at radius 3 is 2.62 bits per heavy atom. The molecule has 150 valence electrons. The van der Waals surface area contributed by atoms with E-state index < -0.39 is 48.1 Å². The molecule has 0 spiro atoms. The molecule has 1 atom stereocenters. The van der Waals surface area contributed by atoms with E-state index in [0.29, 0.717) is 11.1 Å². The molecule has 0 bridgehead atoms. The molecule has 2 aromatic heterocycles. The summed E-state index contributed by atoms with van der Waals surface area (Å²) < 4.78 is 74.4. The Hall–Kier alpha value is -3.22. The van der Waals surface area contributed by atoms with Crippen LogP contribution in [0.3, 0.4) is 0 Å². The van der Waals surface area contributed by atoms with Crippen LogP contribution in [0.5, 0.6) is 0 Å². The zero-order valence-electron chi connectivity index (χ0n) is 15.0. The van der Waals surface area contributed by atoms with Crippen molar-refractivity contribution in [1.82, 2.24) is 9.97 Å². The number of oxazole rings is 1. The monoisotopic (exact) mass is 408 g/mol. The molecule has 1 aromatic carbocycles. The van der Waals surface area contributed by atoms with Gasteiger partial charge in [-0.2, -0.15) is 18.4 Å². The molecule has 1 unspecified atom stereocenters. The molecular formula is C19H13F5N4O. The standard InChI is InChI=1S/C19H13F5N4O/c1-10-6-12(19(22,23)24)11(8-25)16(26-10)28-9-18(20,21)7-14(28)17-27-13-4-2-3-5-15(13)29-17/h2-6,14H,7,9H2,1H3. The third-order valence-electron chi connectivity index (χ3n) is 4.68. The van der Waals surface area contributed by atoms with Crippen LogP contribution in [0.2, 0.25) is 0 Å². The fourth-order valence-corrected chi connectivity index (χ4v) is 3.49. The van der Waals surface area contributed by atoms with Crippen molar-refractivity contribution in [3.63, 3.8) is 0 Å². The Morgan fingerprint density at radius 1 is 1.24 bits per heavy atom. The van der Waals surface area contributed by atoms with Gasteiger partial charge in [0.15, 0.2) is 5.58 Å². The van der Waals surface area contributed by atoms with E-state index in [1.165, 1.54) is 13.0 Å². The van der Waals surface area contributed by atoms with Crippen LogP contribution in [-0.4, -0.2) is 22.4 Å². The van der Waals surface area contributed by atoms with Crippen LogP contribution in [0.15, 0.2) is 34.7 Å². The summed E-state index contributed by atoms with van der Waals surface area (Å²) in [6.07, 6.45) is -5.55. The average molecular weight is 408 g/mol. The van der Waals surface area contributed by atoms with Gasteiger partial charge in [-0.25, -0.2) is 18.7 Å². The molecule has 0 N–H and O–H groups in total. The fourth-order valence-electron chi connectivity index (χ4n) is 3.49. The number of anilines is 1. The van der Waals surface area contributed by atoms with Crippen molar-refractivity contribution in [3.8, 4) is 6.07 Å². The van der Waals surface area contributed by atoms with Crippen molar-refractivity contribution in [2.45, 2.75) is 31.5 Å². The molecule has 3 aromatic rings. The number of para-hydroxylation sites is 2. The second kappa shape index (κ2) is 6.40. The van der Waals surface area contributed by atoms with Crippen LogP contribution in [0.4, 0.5) is 27.8 Å². The van der Waals surface area contributed by atoms with Crippen LogP contribution in [0, 0.1) is 18.3 Å². The van der Waals surface area contributed by atoms with Gasteiger partial charge in [0.1, 0.15) is 29.0 Å². The number of nitriles is 1. The summed E-state index contributed by atoms with van der Waals surface area (Å²) in [6, 6.07) is 7.66. The van der Waals surface area contributed by atoms with Crippen LogP contribution in [-0.2, 0) is 6.18 Å². The Labute approximate surface area is 161 Å². The maximum atomic E-state index is 14.3. The summed E-state index contributed by atoms with van der Waals surface area (Å²) in [7, 11) is 0. The number of nitrogens with zero attached hydrogens (tertiary/aromatic N) is 4. The summed E-state index contributed by atoms with van der Waals surface area (Å²) in [5, 5.41) is 9.37. The minimum absolute atomic E-state index is 0.0437. The maximum absolute atomic E-state index is 14.3. The van der Waals surface area contributed by atoms with Crippen LogP contribution >= 0.6 is 0 Å². The highest BCUT2D eigenvalue weighted by atomic mass is 19.4. The SMILES string of the molecule is Cc1cc(C(F)(F)F)c(C#N)c(N2CC(F)(F)CC2c2nc3ccccc3o2)n1. The highest BCUT2D eigenvalue weighted by Gasteiger charge is 2.49. The number of fused-ring (bicyclic) bond motifs is 1. The van der Waals surface area contributed by atoms with Crippen LogP contribution in [0.25, 0.3) is 11.1 Å². The predicted octanol–water partition coefficient (Wildman–Crippen LogP) is 5.01. The van der Waals surface area contributed by atoms with Crippen molar-refractivity contribution in [2.24, 2.45) is 0 Å². The molecule has 0 amide bonds. The summed E-state index contributed by atoms with van der Waals surface area (Å²) in [5.74, 6) is -3.74. The average Bonchev–Trinajstić information content (AvgIpc) is 3.20. The Morgan fingerprint density at radius 2 is 1.97 bits per heavy atom. The Kier molecular flexibility index (Phi) is 4.22. The molecule has 1 saturated heterocycles. The molecule has 4 rings (SSSR count). The quantitative estimate of drug-likeness (QED) is 0.558. The third kappa shape index (κ3) is 3.37. The van der Waals surface area contributed by atoms with Gasteiger partial charge in [-0.15, -0.1) is 0 Å². The third-order valence-corrected chi connectivity index (χ3v) is 4.68. The summed E-state index contributed by atoms with van der Waals surface area (Å²) in [5.41, 5.74) is -1.26. The van der Waals surface area contributed by atoms with Crippen molar-refractivity contribution in [2.75, 3.05) is 11.4 Å². The topological polar surface area (TPSA) is 66.0 Å². The van der Waals surface area contributed by atoms with Gasteiger partial charge in [-0.3, -0.25) is 0 Å². The highest BCUT2D eigenvalue weighted by Crippen LogP contribution is 2.46. The minimum atomic E-state index is -4.83. The normalized spacial score (nSPS) is 18.9. The second-order valence-electron chi connectivity index (χ2n) is 6.84. The Bertz CT molecular complexity index is 1100. The van der Waals surface area contributed by atoms with Gasteiger partial charge >= 0.3 is 6.18 Å². The minimum Gasteiger partial charge on any atom is -0.438 e. The van der Waals surface area contributed by atoms with Gasteiger partial charge < -0.3 is 9.32 Å². The van der Waals surface area contributed by atoms with E-state index in [4.69, 9.17) is 4.42 Å². The van der Waals surface area contributed by atoms with Gasteiger partial charge in [0, 0.05) is 12.1 Å². The molecule has 5 nitrogen and oxygen atoms in total. The number of alkyl halides is 5. The number of hydrogen-bond acceptors (Lipinski definition) is 5. The lowest BCUT2D eigenvalue weighted by Gasteiger charge is -2.25. The number of aromatic nitrogens is 2. The summed E-state index contributed by atoms with van der Waals surface area (Å²) in [4.78, 5) is 9.18. The molecule has 1 aliphatic rings. The molecule has 1 aliphatic heterocycles. The molecule has 3 heterocycles. The fraction of sp³-hybridized carbons (Fsp3) is 0.316. The van der Waals surface area contributed by atoms with E-state index in [9.17, 15) is 27.2 Å². The van der Waals surface area contributed by atoms with Gasteiger partial charge in [-0.1, -0.05) is 12.1 Å². The molecule has 29 heavy (non-hydrogen) atoms. The predicted molar refractivity (Wildman–Crippen MR) is 92.4 cm³/mol. The molecule has 0 radical (unpaired) electrons. The first-order chi connectivity index (χ1) is 13.6. The zero-order valence-corrected chi connectivity index (χ0v) is 15.0. The number of halogens is 5. The lowest BCUT2D eigenvalue weighted by molar-refractivity contribution is -0.137. The number of rotatable bonds is 2. The van der Waals surface area contributed by atoms with E-state index in [1.807, 2.05) is 0 Å². The van der Waals surface area contributed by atoms with Crippen molar-refractivity contribution in [3.05, 3.63) is 53.0 Å². The number of hydrogen-bond donors (Lipinski definition) is 0. The molecular weight excluding hydrogens is 395 g/mol. The lowest BCUT2D eigenvalue weighted by Crippen LogP contribution is -2.29. The summed E-state index contributed by atoms with van der Waals surface area (Å²) in [6.45, 7) is 0.404. The highest BCUT2D eigenvalue weighted by molar-refractivity contribution is 5.72. The van der Waals surface area contributed by atoms with Crippen LogP contribution < -0.4 is 4.90 Å². The van der Waals surface area contributed by atoms with Gasteiger partial charge in [0.05, 0.1) is 12.1 Å². The molecule has 0 aliphatic carbocycles. The number of pyridine rings is 1. The Balaban J connectivity index is 1.88. The lowest BCUT2D eigenvalue weighted by atomic mass is 10.1.